The Morgan fingerprint density at radius 3 is 1.50 bits per heavy atom. The Hall–Kier alpha value is 0.340. The molecule has 0 saturated carbocycles. The monoisotopic (exact) mass is 158 g/mol. The van der Waals surface area contributed by atoms with Crippen LogP contribution in [0.5, 0.6) is 0 Å². The van der Waals surface area contributed by atoms with E-state index in [-0.39, 0.29) is 0 Å². The normalized spacial score (nSPS) is 55.2. The first-order valence-corrected chi connectivity index (χ1v) is 5.29. The fourth-order valence-corrected chi connectivity index (χ4v) is 3.77. The molecule has 1 rings (SSSR count). The molecule has 0 aromatic rings. The third kappa shape index (κ3) is 1.19. The number of hydrogen-bond donors (Lipinski definition) is 2. The quantitative estimate of drug-likeness (QED) is 0.496. The van der Waals surface area contributed by atoms with Crippen molar-refractivity contribution in [2.75, 3.05) is 5.90 Å². The maximum atomic E-state index is 10.1. The molecule has 1 aliphatic heterocycles. The predicted octanol–water partition coefficient (Wildman–Crippen LogP) is 0.345. The van der Waals surface area contributed by atoms with Gasteiger partial charge in [0.15, 0.2) is 5.90 Å². The van der Waals surface area contributed by atoms with Gasteiger partial charge in [-0.2, -0.15) is 0 Å². The Balaban J connectivity index is 2.68. The Bertz CT molecular complexity index is 161. The first-order chi connectivity index (χ1) is 3.41. The van der Waals surface area contributed by atoms with Gasteiger partial charge in [-0.1, -0.05) is 0 Å². The fraction of sp³-hybridized carbons (Fsp3) is 1.00. The highest BCUT2D eigenvalue weighted by Gasteiger charge is 2.49. The Morgan fingerprint density at radius 2 is 1.50 bits per heavy atom. The molecule has 8 heavy (non-hydrogen) atoms. The van der Waals surface area contributed by atoms with Crippen molar-refractivity contribution in [1.29, 1.82) is 0 Å². The summed E-state index contributed by atoms with van der Waals surface area (Å²) >= 11 is 0. The molecule has 1 fully saturated rings. The van der Waals surface area contributed by atoms with Crippen LogP contribution in [0.2, 0.25) is 0 Å². The molecule has 2 unspecified atom stereocenters. The van der Waals surface area contributed by atoms with E-state index in [9.17, 15) is 9.13 Å². The van der Waals surface area contributed by atoms with Crippen molar-refractivity contribution in [1.82, 2.24) is 0 Å². The SMILES string of the molecule is O=P1(O)CP(=O)(O)O1. The zero-order valence-electron chi connectivity index (χ0n) is 3.72. The van der Waals surface area contributed by atoms with Crippen molar-refractivity contribution >= 4 is 15.2 Å². The minimum atomic E-state index is -3.60. The van der Waals surface area contributed by atoms with Gasteiger partial charge in [0.1, 0.15) is 0 Å². The van der Waals surface area contributed by atoms with Gasteiger partial charge in [-0.15, -0.1) is 0 Å². The van der Waals surface area contributed by atoms with E-state index in [1.807, 2.05) is 0 Å². The van der Waals surface area contributed by atoms with Crippen LogP contribution in [0.1, 0.15) is 0 Å². The van der Waals surface area contributed by atoms with E-state index in [0.29, 0.717) is 0 Å². The fourth-order valence-electron chi connectivity index (χ4n) is 0.419. The molecule has 1 saturated heterocycles. The van der Waals surface area contributed by atoms with Gasteiger partial charge in [-0.05, 0) is 0 Å². The van der Waals surface area contributed by atoms with E-state index in [1.165, 1.54) is 0 Å². The van der Waals surface area contributed by atoms with Crippen molar-refractivity contribution < 1.29 is 23.2 Å². The second-order valence-corrected chi connectivity index (χ2v) is 5.83. The van der Waals surface area contributed by atoms with Crippen LogP contribution in [0.3, 0.4) is 0 Å². The molecule has 0 radical (unpaired) electrons. The van der Waals surface area contributed by atoms with Gasteiger partial charge in [0.2, 0.25) is 0 Å². The van der Waals surface area contributed by atoms with E-state index in [1.54, 1.807) is 0 Å². The highest BCUT2D eigenvalue weighted by atomic mass is 31.3. The third-order valence-electron chi connectivity index (χ3n) is 0.613. The average Bonchev–Trinajstić information content (AvgIpc) is 1.20. The van der Waals surface area contributed by atoms with Gasteiger partial charge >= 0.3 is 15.2 Å². The molecule has 5 nitrogen and oxygen atoms in total. The highest BCUT2D eigenvalue weighted by Crippen LogP contribution is 2.75. The van der Waals surface area contributed by atoms with Gasteiger partial charge in [0.25, 0.3) is 0 Å². The van der Waals surface area contributed by atoms with Gasteiger partial charge in [-0.25, -0.2) is 4.31 Å². The van der Waals surface area contributed by atoms with E-state index in [2.05, 4.69) is 4.31 Å². The molecule has 7 heteroatoms. The molecule has 0 spiro atoms. The second-order valence-electron chi connectivity index (χ2n) is 1.50. The summed E-state index contributed by atoms with van der Waals surface area (Å²) in [5, 5.41) is 0. The van der Waals surface area contributed by atoms with Gasteiger partial charge in [-0.3, -0.25) is 9.13 Å². The summed E-state index contributed by atoms with van der Waals surface area (Å²) in [4.78, 5) is 16.5. The molecule has 0 amide bonds. The second kappa shape index (κ2) is 1.43. The minimum absolute atomic E-state index is 0.597. The van der Waals surface area contributed by atoms with Crippen LogP contribution in [0.15, 0.2) is 0 Å². The highest BCUT2D eigenvalue weighted by molar-refractivity contribution is 7.83. The number of hydrogen-bond acceptors (Lipinski definition) is 3. The van der Waals surface area contributed by atoms with E-state index >= 15 is 0 Å². The molecule has 2 N–H and O–H groups in total. The van der Waals surface area contributed by atoms with Crippen LogP contribution in [-0.2, 0) is 13.4 Å². The maximum absolute atomic E-state index is 10.1. The largest absolute Gasteiger partial charge is 0.347 e. The molecule has 0 aromatic carbocycles. The summed E-state index contributed by atoms with van der Waals surface area (Å²) in [6.45, 7) is 0. The summed E-state index contributed by atoms with van der Waals surface area (Å²) in [5.41, 5.74) is 0. The lowest BCUT2D eigenvalue weighted by molar-refractivity contribution is 0.308. The summed E-state index contributed by atoms with van der Waals surface area (Å²) in [5.74, 6) is -0.597. The first kappa shape index (κ1) is 6.46. The van der Waals surface area contributed by atoms with E-state index in [4.69, 9.17) is 9.79 Å². The van der Waals surface area contributed by atoms with Crippen molar-refractivity contribution in [2.45, 2.75) is 0 Å². The zero-order chi connectivity index (χ0) is 6.41. The third-order valence-corrected chi connectivity index (χ3v) is 5.51. The van der Waals surface area contributed by atoms with Gasteiger partial charge in [0, 0.05) is 0 Å². The van der Waals surface area contributed by atoms with Crippen molar-refractivity contribution in [3.8, 4) is 0 Å². The predicted molar refractivity (Wildman–Crippen MR) is 25.6 cm³/mol. The lowest BCUT2D eigenvalue weighted by Gasteiger charge is -2.25. The number of rotatable bonds is 0. The van der Waals surface area contributed by atoms with Crippen LogP contribution in [0.4, 0.5) is 0 Å². The maximum Gasteiger partial charge on any atom is 0.347 e. The molecule has 0 bridgehead atoms. The zero-order valence-corrected chi connectivity index (χ0v) is 5.51. The molecular formula is CH4O5P2. The van der Waals surface area contributed by atoms with E-state index in [0.717, 1.165) is 0 Å². The molecular weight excluding hydrogens is 154 g/mol. The lowest BCUT2D eigenvalue weighted by Crippen LogP contribution is -2.05. The molecule has 1 aliphatic rings. The van der Waals surface area contributed by atoms with Crippen LogP contribution >= 0.6 is 15.2 Å². The van der Waals surface area contributed by atoms with Crippen LogP contribution < -0.4 is 0 Å². The topological polar surface area (TPSA) is 83.8 Å². The Morgan fingerprint density at radius 1 is 1.25 bits per heavy atom. The van der Waals surface area contributed by atoms with Crippen LogP contribution in [0.25, 0.3) is 0 Å². The lowest BCUT2D eigenvalue weighted by atomic mass is 11.9. The average molecular weight is 158 g/mol. The summed E-state index contributed by atoms with van der Waals surface area (Å²) in [6.07, 6.45) is 0. The molecule has 2 atom stereocenters. The molecule has 48 valence electrons. The van der Waals surface area contributed by atoms with Gasteiger partial charge < -0.3 is 9.79 Å². The molecule has 1 heterocycles. The Kier molecular flexibility index (Phi) is 1.16. The standard InChI is InChI=1S/CH4O5P2/c2-7(3)1-8(4,5)6-7/h1H2,(H,2,3)(H,4,5). The molecule has 0 aromatic heterocycles. The summed E-state index contributed by atoms with van der Waals surface area (Å²) in [7, 11) is -7.20. The van der Waals surface area contributed by atoms with Crippen LogP contribution in [-0.4, -0.2) is 15.7 Å². The summed E-state index contributed by atoms with van der Waals surface area (Å²) in [6, 6.07) is 0. The minimum Gasteiger partial charge on any atom is -0.324 e. The van der Waals surface area contributed by atoms with Crippen LogP contribution in [0, 0.1) is 0 Å². The smallest absolute Gasteiger partial charge is 0.324 e. The first-order valence-electron chi connectivity index (χ1n) is 1.76. The van der Waals surface area contributed by atoms with Crippen molar-refractivity contribution in [2.24, 2.45) is 0 Å². The van der Waals surface area contributed by atoms with Crippen molar-refractivity contribution in [3.05, 3.63) is 0 Å². The molecule has 0 aliphatic carbocycles. The van der Waals surface area contributed by atoms with Gasteiger partial charge in [0.05, 0.1) is 0 Å². The van der Waals surface area contributed by atoms with E-state index < -0.39 is 21.1 Å². The summed E-state index contributed by atoms with van der Waals surface area (Å²) < 4.78 is 23.9. The van der Waals surface area contributed by atoms with Crippen molar-refractivity contribution in [3.63, 3.8) is 0 Å². The Labute approximate surface area is 45.4 Å².